The Bertz CT molecular complexity index is 260. The minimum atomic E-state index is 0.607. The van der Waals surface area contributed by atoms with Gasteiger partial charge in [-0.05, 0) is 19.8 Å². The van der Waals surface area contributed by atoms with Crippen LogP contribution in [-0.4, -0.2) is 16.3 Å². The SMILES string of the molecule is Cc1nccnc1CCCC=O. The van der Waals surface area contributed by atoms with Crippen molar-refractivity contribution in [2.24, 2.45) is 0 Å². The number of aryl methyl sites for hydroxylation is 2. The van der Waals surface area contributed by atoms with E-state index < -0.39 is 0 Å². The van der Waals surface area contributed by atoms with Crippen LogP contribution in [0.3, 0.4) is 0 Å². The van der Waals surface area contributed by atoms with Crippen LogP contribution in [0.4, 0.5) is 0 Å². The minimum Gasteiger partial charge on any atom is -0.303 e. The molecular weight excluding hydrogens is 152 g/mol. The lowest BCUT2D eigenvalue weighted by Gasteiger charge is -2.00. The highest BCUT2D eigenvalue weighted by Crippen LogP contribution is 2.03. The van der Waals surface area contributed by atoms with Gasteiger partial charge >= 0.3 is 0 Å². The van der Waals surface area contributed by atoms with Gasteiger partial charge in [0.25, 0.3) is 0 Å². The third-order valence-electron chi connectivity index (χ3n) is 1.72. The number of carbonyl (C=O) groups excluding carboxylic acids is 1. The molecule has 64 valence electrons. The van der Waals surface area contributed by atoms with E-state index in [1.807, 2.05) is 6.92 Å². The number of rotatable bonds is 4. The summed E-state index contributed by atoms with van der Waals surface area (Å²) >= 11 is 0. The largest absolute Gasteiger partial charge is 0.303 e. The lowest BCUT2D eigenvalue weighted by atomic mass is 10.2. The third kappa shape index (κ3) is 2.42. The lowest BCUT2D eigenvalue weighted by molar-refractivity contribution is -0.107. The van der Waals surface area contributed by atoms with Crippen molar-refractivity contribution in [1.82, 2.24) is 9.97 Å². The Morgan fingerprint density at radius 3 is 2.83 bits per heavy atom. The highest BCUT2D eigenvalue weighted by atomic mass is 16.1. The lowest BCUT2D eigenvalue weighted by Crippen LogP contribution is -1.96. The van der Waals surface area contributed by atoms with Gasteiger partial charge in [0.1, 0.15) is 6.29 Å². The standard InChI is InChI=1S/C9H12N2O/c1-8-9(4-2-3-7-12)11-6-5-10-8/h5-7H,2-4H2,1H3. The molecule has 0 spiro atoms. The molecule has 0 aliphatic carbocycles. The average molecular weight is 164 g/mol. The van der Waals surface area contributed by atoms with E-state index in [1.165, 1.54) is 0 Å². The molecule has 0 saturated heterocycles. The Kier molecular flexibility index (Phi) is 3.38. The molecule has 0 atom stereocenters. The van der Waals surface area contributed by atoms with Crippen molar-refractivity contribution in [3.8, 4) is 0 Å². The van der Waals surface area contributed by atoms with Gasteiger partial charge in [-0.3, -0.25) is 9.97 Å². The number of aldehydes is 1. The molecule has 1 aromatic heterocycles. The quantitative estimate of drug-likeness (QED) is 0.497. The van der Waals surface area contributed by atoms with E-state index in [0.717, 1.165) is 30.5 Å². The van der Waals surface area contributed by atoms with Crippen LogP contribution in [0.1, 0.15) is 24.2 Å². The molecule has 1 aromatic rings. The summed E-state index contributed by atoms with van der Waals surface area (Å²) in [6.07, 6.45) is 6.62. The molecule has 0 N–H and O–H groups in total. The van der Waals surface area contributed by atoms with Crippen LogP contribution in [0.15, 0.2) is 12.4 Å². The van der Waals surface area contributed by atoms with Gasteiger partial charge in [-0.25, -0.2) is 0 Å². The Morgan fingerprint density at radius 1 is 1.42 bits per heavy atom. The van der Waals surface area contributed by atoms with Gasteiger partial charge in [0.15, 0.2) is 0 Å². The summed E-state index contributed by atoms with van der Waals surface area (Å²) in [6.45, 7) is 1.93. The molecule has 1 heterocycles. The molecule has 3 nitrogen and oxygen atoms in total. The van der Waals surface area contributed by atoms with Gasteiger partial charge < -0.3 is 4.79 Å². The molecule has 1 rings (SSSR count). The fourth-order valence-corrected chi connectivity index (χ4v) is 1.03. The Morgan fingerprint density at radius 2 is 2.17 bits per heavy atom. The first-order chi connectivity index (χ1) is 5.84. The van der Waals surface area contributed by atoms with Gasteiger partial charge in [0, 0.05) is 18.8 Å². The van der Waals surface area contributed by atoms with Gasteiger partial charge in [-0.2, -0.15) is 0 Å². The van der Waals surface area contributed by atoms with E-state index in [1.54, 1.807) is 12.4 Å². The maximum atomic E-state index is 10.0. The van der Waals surface area contributed by atoms with E-state index >= 15 is 0 Å². The van der Waals surface area contributed by atoms with Crippen molar-refractivity contribution in [1.29, 1.82) is 0 Å². The fraction of sp³-hybridized carbons (Fsp3) is 0.444. The van der Waals surface area contributed by atoms with Crippen molar-refractivity contribution >= 4 is 6.29 Å². The number of unbranched alkanes of at least 4 members (excludes halogenated alkanes) is 1. The molecule has 12 heavy (non-hydrogen) atoms. The maximum absolute atomic E-state index is 10.0. The number of hydrogen-bond acceptors (Lipinski definition) is 3. The molecule has 0 fully saturated rings. The molecule has 0 aliphatic heterocycles. The van der Waals surface area contributed by atoms with E-state index in [9.17, 15) is 4.79 Å². The molecule has 0 unspecified atom stereocenters. The zero-order valence-electron chi connectivity index (χ0n) is 7.16. The second-order valence-corrected chi connectivity index (χ2v) is 2.65. The van der Waals surface area contributed by atoms with Crippen molar-refractivity contribution < 1.29 is 4.79 Å². The van der Waals surface area contributed by atoms with Gasteiger partial charge in [-0.1, -0.05) is 0 Å². The second-order valence-electron chi connectivity index (χ2n) is 2.65. The Hall–Kier alpha value is -1.25. The van der Waals surface area contributed by atoms with E-state index in [0.29, 0.717) is 6.42 Å². The minimum absolute atomic E-state index is 0.607. The fourth-order valence-electron chi connectivity index (χ4n) is 1.03. The first-order valence-corrected chi connectivity index (χ1v) is 4.04. The zero-order valence-corrected chi connectivity index (χ0v) is 7.16. The first-order valence-electron chi connectivity index (χ1n) is 4.04. The summed E-state index contributed by atoms with van der Waals surface area (Å²) in [6, 6.07) is 0. The highest BCUT2D eigenvalue weighted by molar-refractivity contribution is 5.49. The summed E-state index contributed by atoms with van der Waals surface area (Å²) < 4.78 is 0. The first kappa shape index (κ1) is 8.84. The maximum Gasteiger partial charge on any atom is 0.120 e. The van der Waals surface area contributed by atoms with Crippen LogP contribution in [0.5, 0.6) is 0 Å². The molecule has 0 aromatic carbocycles. The van der Waals surface area contributed by atoms with E-state index in [-0.39, 0.29) is 0 Å². The number of aromatic nitrogens is 2. The number of nitrogens with zero attached hydrogens (tertiary/aromatic N) is 2. The van der Waals surface area contributed by atoms with Gasteiger partial charge in [-0.15, -0.1) is 0 Å². The topological polar surface area (TPSA) is 42.9 Å². The smallest absolute Gasteiger partial charge is 0.120 e. The van der Waals surface area contributed by atoms with Crippen molar-refractivity contribution in [3.05, 3.63) is 23.8 Å². The Balaban J connectivity index is 2.51. The van der Waals surface area contributed by atoms with Crippen molar-refractivity contribution in [3.63, 3.8) is 0 Å². The number of hydrogen-bond donors (Lipinski definition) is 0. The van der Waals surface area contributed by atoms with E-state index in [2.05, 4.69) is 9.97 Å². The normalized spacial score (nSPS) is 9.75. The zero-order chi connectivity index (χ0) is 8.81. The summed E-state index contributed by atoms with van der Waals surface area (Å²) in [5.41, 5.74) is 1.96. The number of carbonyl (C=O) groups is 1. The predicted molar refractivity (Wildman–Crippen MR) is 45.8 cm³/mol. The molecule has 0 bridgehead atoms. The molecule has 0 saturated carbocycles. The summed E-state index contributed by atoms with van der Waals surface area (Å²) in [7, 11) is 0. The highest BCUT2D eigenvalue weighted by Gasteiger charge is 1.98. The molecular formula is C9H12N2O. The van der Waals surface area contributed by atoms with Gasteiger partial charge in [0.05, 0.1) is 11.4 Å². The molecule has 3 heteroatoms. The average Bonchev–Trinajstić information content (AvgIpc) is 2.09. The van der Waals surface area contributed by atoms with Crippen LogP contribution >= 0.6 is 0 Å². The van der Waals surface area contributed by atoms with Crippen LogP contribution in [0.2, 0.25) is 0 Å². The Labute approximate surface area is 71.9 Å². The van der Waals surface area contributed by atoms with E-state index in [4.69, 9.17) is 0 Å². The van der Waals surface area contributed by atoms with Crippen LogP contribution in [-0.2, 0) is 11.2 Å². The van der Waals surface area contributed by atoms with Crippen LogP contribution in [0, 0.1) is 6.92 Å². The van der Waals surface area contributed by atoms with Crippen molar-refractivity contribution in [2.75, 3.05) is 0 Å². The molecule has 0 aliphatic rings. The predicted octanol–water partition coefficient (Wildman–Crippen LogP) is 1.31. The molecule has 0 radical (unpaired) electrons. The van der Waals surface area contributed by atoms with Crippen LogP contribution < -0.4 is 0 Å². The summed E-state index contributed by atoms with van der Waals surface area (Å²) in [5.74, 6) is 0. The van der Waals surface area contributed by atoms with Gasteiger partial charge in [0.2, 0.25) is 0 Å². The third-order valence-corrected chi connectivity index (χ3v) is 1.72. The summed E-state index contributed by atoms with van der Waals surface area (Å²) in [4.78, 5) is 18.3. The summed E-state index contributed by atoms with van der Waals surface area (Å²) in [5, 5.41) is 0. The monoisotopic (exact) mass is 164 g/mol. The van der Waals surface area contributed by atoms with Crippen LogP contribution in [0.25, 0.3) is 0 Å². The van der Waals surface area contributed by atoms with Crippen molar-refractivity contribution in [2.45, 2.75) is 26.2 Å². The second kappa shape index (κ2) is 4.59. The molecule has 0 amide bonds.